The maximum Gasteiger partial charge on any atom is 0.321 e. The van der Waals surface area contributed by atoms with Gasteiger partial charge in [0.15, 0.2) is 0 Å². The van der Waals surface area contributed by atoms with Gasteiger partial charge in [0.1, 0.15) is 0 Å². The molecule has 0 aliphatic carbocycles. The third-order valence-corrected chi connectivity index (χ3v) is 3.35. The van der Waals surface area contributed by atoms with Crippen LogP contribution in [0.15, 0.2) is 24.3 Å². The summed E-state index contributed by atoms with van der Waals surface area (Å²) in [5.74, 6) is -0.645. The number of amides is 3. The van der Waals surface area contributed by atoms with Crippen LogP contribution in [0.25, 0.3) is 0 Å². The molecule has 0 radical (unpaired) electrons. The molecule has 0 bridgehead atoms. The number of nitrogens with one attached hydrogen (secondary N) is 1. The van der Waals surface area contributed by atoms with Crippen LogP contribution in [-0.4, -0.2) is 29.9 Å². The number of anilines is 1. The highest BCUT2D eigenvalue weighted by molar-refractivity contribution is 5.90. The van der Waals surface area contributed by atoms with E-state index in [9.17, 15) is 9.59 Å². The largest absolute Gasteiger partial charge is 0.369 e. The molecule has 1 fully saturated rings. The number of carbonyl (C=O) groups excluding carboxylic acids is 2. The van der Waals surface area contributed by atoms with Crippen molar-refractivity contribution in [3.63, 3.8) is 0 Å². The Balaban J connectivity index is 2.01. The van der Waals surface area contributed by atoms with E-state index in [1.54, 1.807) is 29.2 Å². The summed E-state index contributed by atoms with van der Waals surface area (Å²) in [4.78, 5) is 24.9. The zero-order chi connectivity index (χ0) is 14.5. The van der Waals surface area contributed by atoms with E-state index < -0.39 is 0 Å². The highest BCUT2D eigenvalue weighted by atomic mass is 16.2. The molecule has 1 aliphatic rings. The van der Waals surface area contributed by atoms with Crippen molar-refractivity contribution in [3.8, 4) is 6.07 Å². The summed E-state index contributed by atoms with van der Waals surface area (Å²) in [5, 5.41) is 11.5. The molecule has 104 valence electrons. The third-order valence-electron chi connectivity index (χ3n) is 3.35. The van der Waals surface area contributed by atoms with Crippen molar-refractivity contribution in [1.82, 2.24) is 4.90 Å². The summed E-state index contributed by atoms with van der Waals surface area (Å²) in [6.07, 6.45) is 1.49. The first-order valence-electron chi connectivity index (χ1n) is 6.45. The average Bonchev–Trinajstić information content (AvgIpc) is 2.47. The molecule has 2 rings (SSSR count). The van der Waals surface area contributed by atoms with E-state index >= 15 is 0 Å². The van der Waals surface area contributed by atoms with Gasteiger partial charge in [-0.25, -0.2) is 4.79 Å². The van der Waals surface area contributed by atoms with Crippen LogP contribution in [-0.2, 0) is 4.79 Å². The number of rotatable bonds is 2. The fraction of sp³-hybridized carbons (Fsp3) is 0.357. The monoisotopic (exact) mass is 272 g/mol. The molecule has 0 unspecified atom stereocenters. The van der Waals surface area contributed by atoms with Crippen LogP contribution < -0.4 is 11.1 Å². The van der Waals surface area contributed by atoms with Crippen LogP contribution in [0.3, 0.4) is 0 Å². The van der Waals surface area contributed by atoms with Crippen molar-refractivity contribution in [2.24, 2.45) is 11.7 Å². The third kappa shape index (κ3) is 3.26. The number of benzene rings is 1. The van der Waals surface area contributed by atoms with Crippen LogP contribution in [0.2, 0.25) is 0 Å². The van der Waals surface area contributed by atoms with Crippen LogP contribution in [0.1, 0.15) is 18.4 Å². The van der Waals surface area contributed by atoms with Crippen LogP contribution in [0.5, 0.6) is 0 Å². The number of likely N-dealkylation sites (tertiary alicyclic amines) is 1. The molecule has 1 aromatic carbocycles. The van der Waals surface area contributed by atoms with E-state index in [0.717, 1.165) is 12.8 Å². The van der Waals surface area contributed by atoms with Gasteiger partial charge in [0.05, 0.1) is 17.6 Å². The van der Waals surface area contributed by atoms with Crippen molar-refractivity contribution >= 4 is 17.6 Å². The smallest absolute Gasteiger partial charge is 0.321 e. The summed E-state index contributed by atoms with van der Waals surface area (Å²) in [6, 6.07) is 8.44. The molecule has 1 heterocycles. The lowest BCUT2D eigenvalue weighted by Gasteiger charge is -2.31. The number of urea groups is 1. The summed E-state index contributed by atoms with van der Waals surface area (Å²) in [6.45, 7) is 0.951. The first-order valence-corrected chi connectivity index (χ1v) is 6.45. The first-order chi connectivity index (χ1) is 9.60. The minimum absolute atomic E-state index is 0.272. The van der Waals surface area contributed by atoms with Crippen LogP contribution >= 0.6 is 0 Å². The molecule has 0 saturated carbocycles. The SMILES string of the molecule is N#Cc1cccc(NC(=O)N2CCC[C@H](C(N)=O)C2)c1. The van der Waals surface area contributed by atoms with Crippen molar-refractivity contribution in [2.45, 2.75) is 12.8 Å². The highest BCUT2D eigenvalue weighted by Crippen LogP contribution is 2.17. The standard InChI is InChI=1S/C14H16N4O2/c15-8-10-3-1-5-12(7-10)17-14(20)18-6-2-4-11(9-18)13(16)19/h1,3,5,7,11H,2,4,6,9H2,(H2,16,19)(H,17,20)/t11-/m0/s1. The van der Waals surface area contributed by atoms with Gasteiger partial charge in [-0.05, 0) is 31.0 Å². The number of hydrogen-bond donors (Lipinski definition) is 2. The number of hydrogen-bond acceptors (Lipinski definition) is 3. The predicted molar refractivity (Wildman–Crippen MR) is 73.7 cm³/mol. The predicted octanol–water partition coefficient (Wildman–Crippen LogP) is 1.29. The first kappa shape index (κ1) is 13.9. The molecule has 1 aromatic rings. The second kappa shape index (κ2) is 6.06. The summed E-state index contributed by atoms with van der Waals surface area (Å²) < 4.78 is 0. The van der Waals surface area contributed by atoms with Crippen LogP contribution in [0.4, 0.5) is 10.5 Å². The number of nitriles is 1. The maximum atomic E-state index is 12.1. The van der Waals surface area contributed by atoms with Gasteiger partial charge >= 0.3 is 6.03 Å². The molecule has 6 nitrogen and oxygen atoms in total. The second-order valence-electron chi connectivity index (χ2n) is 4.81. The summed E-state index contributed by atoms with van der Waals surface area (Å²) in [5.41, 5.74) is 6.33. The van der Waals surface area contributed by atoms with E-state index in [1.165, 1.54) is 0 Å². The minimum Gasteiger partial charge on any atom is -0.369 e. The number of carbonyl (C=O) groups is 2. The van der Waals surface area contributed by atoms with E-state index in [4.69, 9.17) is 11.0 Å². The lowest BCUT2D eigenvalue weighted by molar-refractivity contribution is -0.123. The molecule has 20 heavy (non-hydrogen) atoms. The molecule has 0 aromatic heterocycles. The molecule has 1 aliphatic heterocycles. The zero-order valence-corrected chi connectivity index (χ0v) is 11.0. The molecule has 3 N–H and O–H groups in total. The van der Waals surface area contributed by atoms with Crippen molar-refractivity contribution in [2.75, 3.05) is 18.4 Å². The van der Waals surface area contributed by atoms with Gasteiger partial charge < -0.3 is 16.0 Å². The van der Waals surface area contributed by atoms with Gasteiger partial charge in [-0.1, -0.05) is 6.07 Å². The Kier molecular flexibility index (Phi) is 4.20. The van der Waals surface area contributed by atoms with Crippen molar-refractivity contribution in [3.05, 3.63) is 29.8 Å². The van der Waals surface area contributed by atoms with Gasteiger partial charge in [-0.2, -0.15) is 5.26 Å². The topological polar surface area (TPSA) is 99.2 Å². The van der Waals surface area contributed by atoms with E-state index in [2.05, 4.69) is 5.32 Å². The fourth-order valence-electron chi connectivity index (χ4n) is 2.26. The Bertz CT molecular complexity index is 565. The van der Waals surface area contributed by atoms with Gasteiger partial charge in [0.25, 0.3) is 0 Å². The lowest BCUT2D eigenvalue weighted by atomic mass is 9.98. The quantitative estimate of drug-likeness (QED) is 0.848. The lowest BCUT2D eigenvalue weighted by Crippen LogP contribution is -2.45. The maximum absolute atomic E-state index is 12.1. The Morgan fingerprint density at radius 2 is 2.25 bits per heavy atom. The van der Waals surface area contributed by atoms with Gasteiger partial charge in [-0.3, -0.25) is 4.79 Å². The summed E-state index contributed by atoms with van der Waals surface area (Å²) >= 11 is 0. The zero-order valence-electron chi connectivity index (χ0n) is 11.0. The molecule has 6 heteroatoms. The molecule has 1 saturated heterocycles. The molecular formula is C14H16N4O2. The van der Waals surface area contributed by atoms with Gasteiger partial charge in [0.2, 0.25) is 5.91 Å². The van der Waals surface area contributed by atoms with Gasteiger partial charge in [-0.15, -0.1) is 0 Å². The van der Waals surface area contributed by atoms with Gasteiger partial charge in [0, 0.05) is 18.8 Å². The van der Waals surface area contributed by atoms with E-state index in [-0.39, 0.29) is 17.9 Å². The summed E-state index contributed by atoms with van der Waals surface area (Å²) in [7, 11) is 0. The van der Waals surface area contributed by atoms with Crippen molar-refractivity contribution < 1.29 is 9.59 Å². The molecular weight excluding hydrogens is 256 g/mol. The minimum atomic E-state index is -0.367. The molecule has 0 spiro atoms. The number of nitrogens with zero attached hydrogens (tertiary/aromatic N) is 2. The molecule has 1 atom stereocenters. The number of nitrogens with two attached hydrogens (primary N) is 1. The van der Waals surface area contributed by atoms with E-state index in [0.29, 0.717) is 24.3 Å². The Labute approximate surface area is 117 Å². The Hall–Kier alpha value is -2.55. The number of piperidine rings is 1. The highest BCUT2D eigenvalue weighted by Gasteiger charge is 2.26. The molecule has 3 amide bonds. The second-order valence-corrected chi connectivity index (χ2v) is 4.81. The van der Waals surface area contributed by atoms with E-state index in [1.807, 2.05) is 6.07 Å². The fourth-order valence-corrected chi connectivity index (χ4v) is 2.26. The normalized spacial score (nSPS) is 18.1. The number of primary amides is 1. The van der Waals surface area contributed by atoms with Crippen molar-refractivity contribution in [1.29, 1.82) is 5.26 Å². The van der Waals surface area contributed by atoms with Crippen LogP contribution in [0, 0.1) is 17.2 Å². The Morgan fingerprint density at radius 3 is 2.95 bits per heavy atom. The Morgan fingerprint density at radius 1 is 1.45 bits per heavy atom. The average molecular weight is 272 g/mol.